The van der Waals surface area contributed by atoms with Crippen LogP contribution < -0.4 is 24.4 Å². The lowest BCUT2D eigenvalue weighted by Gasteiger charge is -2.09. The zero-order valence-electron chi connectivity index (χ0n) is 19.0. The average molecular weight is 460 g/mol. The molecule has 0 radical (unpaired) electrons. The van der Waals surface area contributed by atoms with Gasteiger partial charge in [-0.25, -0.2) is 10.2 Å². The van der Waals surface area contributed by atoms with Crippen LogP contribution in [0.2, 0.25) is 0 Å². The number of nitrogens with one attached hydrogen (secondary N) is 1. The van der Waals surface area contributed by atoms with Crippen LogP contribution >= 0.6 is 0 Å². The molecule has 0 saturated carbocycles. The van der Waals surface area contributed by atoms with Crippen molar-refractivity contribution < 1.29 is 28.5 Å². The van der Waals surface area contributed by atoms with Crippen LogP contribution in [0.5, 0.6) is 23.0 Å². The van der Waals surface area contributed by atoms with E-state index in [1.165, 1.54) is 33.6 Å². The fourth-order valence-electron chi connectivity index (χ4n) is 2.93. The van der Waals surface area contributed by atoms with Crippen LogP contribution in [-0.2, 0) is 4.79 Å². The Balaban J connectivity index is 1.63. The molecule has 0 saturated heterocycles. The molecule has 174 valence electrons. The van der Waals surface area contributed by atoms with E-state index < -0.39 is 11.9 Å². The summed E-state index contributed by atoms with van der Waals surface area (Å²) in [6.07, 6.45) is 4.45. The quantitative estimate of drug-likeness (QED) is 0.170. The lowest BCUT2D eigenvalue weighted by Crippen LogP contribution is -2.17. The molecular formula is C26H24N2O6. The van der Waals surface area contributed by atoms with Gasteiger partial charge >= 0.3 is 5.97 Å². The minimum atomic E-state index is -0.536. The molecule has 0 aromatic heterocycles. The van der Waals surface area contributed by atoms with Crippen molar-refractivity contribution in [3.8, 4) is 23.0 Å². The lowest BCUT2D eigenvalue weighted by molar-refractivity contribution is -0.129. The van der Waals surface area contributed by atoms with Gasteiger partial charge in [-0.1, -0.05) is 30.3 Å². The van der Waals surface area contributed by atoms with Gasteiger partial charge in [-0.05, 0) is 53.6 Å². The van der Waals surface area contributed by atoms with Crippen molar-refractivity contribution in [2.24, 2.45) is 5.10 Å². The van der Waals surface area contributed by atoms with E-state index in [1.54, 1.807) is 42.5 Å². The Bertz CT molecular complexity index is 1210. The number of rotatable bonds is 9. The SMILES string of the molecule is COc1ccc(C(=O)N/N=C\c2ccc(OC(=O)/C=C/c3ccccc3)c(OC)c2)cc1OC. The summed E-state index contributed by atoms with van der Waals surface area (Å²) in [6, 6.07) is 19.1. The molecule has 0 aliphatic heterocycles. The highest BCUT2D eigenvalue weighted by atomic mass is 16.6. The van der Waals surface area contributed by atoms with Gasteiger partial charge in [0.1, 0.15) is 0 Å². The van der Waals surface area contributed by atoms with Crippen LogP contribution in [0.1, 0.15) is 21.5 Å². The van der Waals surface area contributed by atoms with Crippen LogP contribution in [0.4, 0.5) is 0 Å². The van der Waals surface area contributed by atoms with Crippen LogP contribution in [0, 0.1) is 0 Å². The minimum absolute atomic E-state index is 0.261. The third-order valence-electron chi connectivity index (χ3n) is 4.64. The molecule has 34 heavy (non-hydrogen) atoms. The average Bonchev–Trinajstić information content (AvgIpc) is 2.88. The molecular weight excluding hydrogens is 436 g/mol. The fraction of sp³-hybridized carbons (Fsp3) is 0.115. The van der Waals surface area contributed by atoms with E-state index in [0.717, 1.165) is 5.56 Å². The molecule has 0 fully saturated rings. The smallest absolute Gasteiger partial charge is 0.336 e. The third kappa shape index (κ3) is 6.46. The second-order valence-electron chi connectivity index (χ2n) is 6.84. The number of carbonyl (C=O) groups excluding carboxylic acids is 2. The summed E-state index contributed by atoms with van der Waals surface area (Å²) in [5, 5.41) is 3.97. The number of hydrogen-bond acceptors (Lipinski definition) is 7. The molecule has 3 aromatic carbocycles. The van der Waals surface area contributed by atoms with Crippen molar-refractivity contribution in [3.05, 3.63) is 89.5 Å². The highest BCUT2D eigenvalue weighted by Gasteiger charge is 2.11. The number of hydrazone groups is 1. The first-order valence-corrected chi connectivity index (χ1v) is 10.2. The molecule has 0 aliphatic carbocycles. The number of ether oxygens (including phenoxy) is 4. The monoisotopic (exact) mass is 460 g/mol. The maximum atomic E-state index is 12.4. The summed E-state index contributed by atoms with van der Waals surface area (Å²) in [5.41, 5.74) is 4.32. The van der Waals surface area contributed by atoms with Crippen LogP contribution in [0.15, 0.2) is 77.9 Å². The first-order chi connectivity index (χ1) is 16.5. The minimum Gasteiger partial charge on any atom is -0.493 e. The van der Waals surface area contributed by atoms with Gasteiger partial charge in [0.25, 0.3) is 5.91 Å². The maximum Gasteiger partial charge on any atom is 0.336 e. The number of hydrogen-bond donors (Lipinski definition) is 1. The molecule has 0 spiro atoms. The van der Waals surface area contributed by atoms with Crippen molar-refractivity contribution in [2.45, 2.75) is 0 Å². The van der Waals surface area contributed by atoms with Gasteiger partial charge in [-0.3, -0.25) is 4.79 Å². The highest BCUT2D eigenvalue weighted by molar-refractivity contribution is 5.95. The summed E-state index contributed by atoms with van der Waals surface area (Å²) < 4.78 is 21.1. The number of carbonyl (C=O) groups is 2. The van der Waals surface area contributed by atoms with Gasteiger partial charge in [0.2, 0.25) is 0 Å². The first-order valence-electron chi connectivity index (χ1n) is 10.2. The van der Waals surface area contributed by atoms with Gasteiger partial charge in [0, 0.05) is 11.6 Å². The van der Waals surface area contributed by atoms with Crippen molar-refractivity contribution in [2.75, 3.05) is 21.3 Å². The molecule has 0 heterocycles. The van der Waals surface area contributed by atoms with Gasteiger partial charge in [-0.2, -0.15) is 5.10 Å². The molecule has 0 atom stereocenters. The van der Waals surface area contributed by atoms with E-state index >= 15 is 0 Å². The van der Waals surface area contributed by atoms with Gasteiger partial charge < -0.3 is 18.9 Å². The Hall–Kier alpha value is -4.59. The molecule has 1 N–H and O–H groups in total. The first kappa shape index (κ1) is 24.1. The molecule has 3 rings (SSSR count). The Labute approximate surface area is 197 Å². The molecule has 3 aromatic rings. The van der Waals surface area contributed by atoms with E-state index in [2.05, 4.69) is 10.5 Å². The lowest BCUT2D eigenvalue weighted by atomic mass is 10.2. The second kappa shape index (κ2) is 11.9. The summed E-state index contributed by atoms with van der Waals surface area (Å²) in [6.45, 7) is 0. The number of esters is 1. The molecule has 0 unspecified atom stereocenters. The largest absolute Gasteiger partial charge is 0.493 e. The van der Waals surface area contributed by atoms with Crippen molar-refractivity contribution >= 4 is 24.2 Å². The Kier molecular flexibility index (Phi) is 8.40. The van der Waals surface area contributed by atoms with Gasteiger partial charge in [0.15, 0.2) is 23.0 Å². The van der Waals surface area contributed by atoms with Crippen molar-refractivity contribution in [3.63, 3.8) is 0 Å². The van der Waals surface area contributed by atoms with Gasteiger partial charge in [-0.15, -0.1) is 0 Å². The zero-order chi connectivity index (χ0) is 24.3. The van der Waals surface area contributed by atoms with E-state index in [1.807, 2.05) is 30.3 Å². The summed E-state index contributed by atoms with van der Waals surface area (Å²) in [5.74, 6) is 0.609. The third-order valence-corrected chi connectivity index (χ3v) is 4.64. The number of amides is 1. The number of methoxy groups -OCH3 is 3. The van der Waals surface area contributed by atoms with Crippen molar-refractivity contribution in [1.82, 2.24) is 5.43 Å². The summed E-state index contributed by atoms with van der Waals surface area (Å²) >= 11 is 0. The number of benzene rings is 3. The fourth-order valence-corrected chi connectivity index (χ4v) is 2.93. The van der Waals surface area contributed by atoms with Gasteiger partial charge in [0.05, 0.1) is 27.5 Å². The molecule has 1 amide bonds. The molecule has 0 bridgehead atoms. The van der Waals surface area contributed by atoms with Crippen molar-refractivity contribution in [1.29, 1.82) is 0 Å². The molecule has 8 nitrogen and oxygen atoms in total. The predicted molar refractivity (Wildman–Crippen MR) is 129 cm³/mol. The van der Waals surface area contributed by atoms with E-state index in [-0.39, 0.29) is 5.75 Å². The normalized spacial score (nSPS) is 10.8. The standard InChI is InChI=1S/C26H24N2O6/c1-31-21-13-11-20(16-24(21)33-3)26(30)28-27-17-19-9-12-22(23(15-19)32-2)34-25(29)14-10-18-7-5-4-6-8-18/h4-17H,1-3H3,(H,28,30)/b14-10+,27-17-. The Morgan fingerprint density at radius 2 is 1.44 bits per heavy atom. The highest BCUT2D eigenvalue weighted by Crippen LogP contribution is 2.28. The van der Waals surface area contributed by atoms with Crippen LogP contribution in [-0.4, -0.2) is 39.4 Å². The molecule has 8 heteroatoms. The molecule has 0 aliphatic rings. The zero-order valence-corrected chi connectivity index (χ0v) is 19.0. The van der Waals surface area contributed by atoms with E-state index in [0.29, 0.717) is 28.4 Å². The van der Waals surface area contributed by atoms with E-state index in [4.69, 9.17) is 18.9 Å². The topological polar surface area (TPSA) is 95.5 Å². The van der Waals surface area contributed by atoms with Crippen LogP contribution in [0.3, 0.4) is 0 Å². The summed E-state index contributed by atoms with van der Waals surface area (Å²) in [4.78, 5) is 24.5. The number of nitrogens with zero attached hydrogens (tertiary/aromatic N) is 1. The Morgan fingerprint density at radius 1 is 0.765 bits per heavy atom. The maximum absolute atomic E-state index is 12.4. The summed E-state index contributed by atoms with van der Waals surface area (Å²) in [7, 11) is 4.47. The Morgan fingerprint density at radius 3 is 2.15 bits per heavy atom. The second-order valence-corrected chi connectivity index (χ2v) is 6.84. The van der Waals surface area contributed by atoms with Crippen LogP contribution in [0.25, 0.3) is 6.08 Å². The predicted octanol–water partition coefficient (Wildman–Crippen LogP) is 4.10. The van der Waals surface area contributed by atoms with E-state index in [9.17, 15) is 9.59 Å².